The van der Waals surface area contributed by atoms with Gasteiger partial charge in [-0.15, -0.1) is 0 Å². The standard InChI is InChI=1S/C21H23ClN2O3/c1-14(25)23-20(15-6-2-3-7-15)21(26)24-16-10-12-17(13-11-16)27-19-9-5-4-8-18(19)22/h4-5,8-13,15,20H,2-3,6-7H2,1H3,(H,23,25)(H,24,26). The summed E-state index contributed by atoms with van der Waals surface area (Å²) in [4.78, 5) is 24.2. The highest BCUT2D eigenvalue weighted by Crippen LogP contribution is 2.30. The van der Waals surface area contributed by atoms with Crippen LogP contribution < -0.4 is 15.4 Å². The Kier molecular flexibility index (Phi) is 6.35. The largest absolute Gasteiger partial charge is 0.456 e. The molecule has 0 aromatic heterocycles. The summed E-state index contributed by atoms with van der Waals surface area (Å²) in [6, 6.07) is 13.8. The van der Waals surface area contributed by atoms with E-state index in [1.54, 1.807) is 36.4 Å². The lowest BCUT2D eigenvalue weighted by atomic mass is 9.97. The van der Waals surface area contributed by atoms with Gasteiger partial charge in [0.15, 0.2) is 0 Å². The summed E-state index contributed by atoms with van der Waals surface area (Å²) in [5, 5.41) is 6.23. The van der Waals surface area contributed by atoms with E-state index in [0.717, 1.165) is 25.7 Å². The Bertz CT molecular complexity index is 801. The predicted octanol–water partition coefficient (Wildman–Crippen LogP) is 4.77. The van der Waals surface area contributed by atoms with E-state index in [1.165, 1.54) is 6.92 Å². The van der Waals surface area contributed by atoms with Gasteiger partial charge in [-0.1, -0.05) is 36.6 Å². The van der Waals surface area contributed by atoms with Crippen molar-refractivity contribution in [2.75, 3.05) is 5.32 Å². The number of anilines is 1. The van der Waals surface area contributed by atoms with Gasteiger partial charge in [0.05, 0.1) is 5.02 Å². The average molecular weight is 387 g/mol. The number of benzene rings is 2. The molecule has 1 atom stereocenters. The van der Waals surface area contributed by atoms with E-state index in [-0.39, 0.29) is 17.7 Å². The van der Waals surface area contributed by atoms with Crippen molar-refractivity contribution in [1.82, 2.24) is 5.32 Å². The summed E-state index contributed by atoms with van der Waals surface area (Å²) in [6.45, 7) is 1.44. The number of nitrogens with one attached hydrogen (secondary N) is 2. The molecule has 1 fully saturated rings. The number of hydrogen-bond acceptors (Lipinski definition) is 3. The molecule has 142 valence electrons. The molecule has 6 heteroatoms. The minimum absolute atomic E-state index is 0.183. The van der Waals surface area contributed by atoms with Crippen molar-refractivity contribution in [3.63, 3.8) is 0 Å². The highest BCUT2D eigenvalue weighted by molar-refractivity contribution is 6.32. The van der Waals surface area contributed by atoms with Gasteiger partial charge in [-0.25, -0.2) is 0 Å². The molecule has 1 unspecified atom stereocenters. The molecular weight excluding hydrogens is 364 g/mol. The third kappa shape index (κ3) is 5.23. The maximum Gasteiger partial charge on any atom is 0.247 e. The Morgan fingerprint density at radius 3 is 2.37 bits per heavy atom. The second-order valence-corrected chi connectivity index (χ2v) is 7.18. The van der Waals surface area contributed by atoms with Gasteiger partial charge in [-0.2, -0.15) is 0 Å². The van der Waals surface area contributed by atoms with Crippen LogP contribution in [0, 0.1) is 5.92 Å². The number of carbonyl (C=O) groups excluding carboxylic acids is 2. The van der Waals surface area contributed by atoms with E-state index in [0.29, 0.717) is 22.2 Å². The Hall–Kier alpha value is -2.53. The summed E-state index contributed by atoms with van der Waals surface area (Å²) < 4.78 is 5.75. The second-order valence-electron chi connectivity index (χ2n) is 6.77. The topological polar surface area (TPSA) is 67.4 Å². The van der Waals surface area contributed by atoms with Gasteiger partial charge < -0.3 is 15.4 Å². The maximum absolute atomic E-state index is 12.7. The number of amides is 2. The molecule has 3 rings (SSSR count). The van der Waals surface area contributed by atoms with Gasteiger partial charge in [-0.05, 0) is 55.2 Å². The molecule has 0 heterocycles. The summed E-state index contributed by atoms with van der Waals surface area (Å²) in [5.41, 5.74) is 0.653. The summed E-state index contributed by atoms with van der Waals surface area (Å²) >= 11 is 6.10. The number of carbonyl (C=O) groups is 2. The van der Waals surface area contributed by atoms with Gasteiger partial charge in [0.25, 0.3) is 0 Å². The third-order valence-corrected chi connectivity index (χ3v) is 5.01. The predicted molar refractivity (Wildman–Crippen MR) is 106 cm³/mol. The zero-order valence-corrected chi connectivity index (χ0v) is 16.0. The van der Waals surface area contributed by atoms with Crippen molar-refractivity contribution in [1.29, 1.82) is 0 Å². The van der Waals surface area contributed by atoms with Crippen molar-refractivity contribution in [3.8, 4) is 11.5 Å². The van der Waals surface area contributed by atoms with Gasteiger partial charge in [0.1, 0.15) is 17.5 Å². The lowest BCUT2D eigenvalue weighted by Gasteiger charge is -2.23. The third-order valence-electron chi connectivity index (χ3n) is 4.70. The molecule has 1 aliphatic carbocycles. The molecule has 0 bridgehead atoms. The molecule has 5 nitrogen and oxygen atoms in total. The van der Waals surface area contributed by atoms with Crippen LogP contribution in [-0.4, -0.2) is 17.9 Å². The number of para-hydroxylation sites is 1. The molecule has 2 aromatic rings. The van der Waals surface area contributed by atoms with E-state index >= 15 is 0 Å². The Morgan fingerprint density at radius 1 is 1.07 bits per heavy atom. The minimum atomic E-state index is -0.496. The Morgan fingerprint density at radius 2 is 1.74 bits per heavy atom. The lowest BCUT2D eigenvalue weighted by molar-refractivity contribution is -0.126. The zero-order valence-electron chi connectivity index (χ0n) is 15.2. The Balaban J connectivity index is 1.64. The second kappa shape index (κ2) is 8.91. The molecule has 2 aromatic carbocycles. The van der Waals surface area contributed by atoms with Crippen LogP contribution in [0.15, 0.2) is 48.5 Å². The van der Waals surface area contributed by atoms with Crippen LogP contribution in [0.2, 0.25) is 5.02 Å². The summed E-state index contributed by atoms with van der Waals surface area (Å²) in [5.74, 6) is 1.01. The first-order valence-electron chi connectivity index (χ1n) is 9.13. The molecular formula is C21H23ClN2O3. The van der Waals surface area contributed by atoms with Crippen LogP contribution in [0.4, 0.5) is 5.69 Å². The molecule has 0 spiro atoms. The number of rotatable bonds is 6. The molecule has 0 aliphatic heterocycles. The van der Waals surface area contributed by atoms with Crippen molar-refractivity contribution < 1.29 is 14.3 Å². The van der Waals surface area contributed by atoms with Crippen molar-refractivity contribution in [2.24, 2.45) is 5.92 Å². The molecule has 0 saturated heterocycles. The fourth-order valence-corrected chi connectivity index (χ4v) is 3.56. The first-order valence-corrected chi connectivity index (χ1v) is 9.51. The Labute approximate surface area is 164 Å². The van der Waals surface area contributed by atoms with Crippen molar-refractivity contribution in [2.45, 2.75) is 38.6 Å². The van der Waals surface area contributed by atoms with Gasteiger partial charge in [0.2, 0.25) is 11.8 Å². The summed E-state index contributed by atoms with van der Waals surface area (Å²) in [6.07, 6.45) is 4.12. The van der Waals surface area contributed by atoms with Gasteiger partial charge in [0, 0.05) is 12.6 Å². The molecule has 0 radical (unpaired) electrons. The van der Waals surface area contributed by atoms with Crippen LogP contribution in [0.1, 0.15) is 32.6 Å². The summed E-state index contributed by atoms with van der Waals surface area (Å²) in [7, 11) is 0. The molecule has 2 amide bonds. The molecule has 27 heavy (non-hydrogen) atoms. The number of halogens is 1. The van der Waals surface area contributed by atoms with E-state index < -0.39 is 6.04 Å². The van der Waals surface area contributed by atoms with Crippen LogP contribution >= 0.6 is 11.6 Å². The fourth-order valence-electron chi connectivity index (χ4n) is 3.39. The number of ether oxygens (including phenoxy) is 1. The van der Waals surface area contributed by atoms with Crippen LogP contribution in [-0.2, 0) is 9.59 Å². The van der Waals surface area contributed by atoms with E-state index in [1.807, 2.05) is 12.1 Å². The minimum Gasteiger partial charge on any atom is -0.456 e. The van der Waals surface area contributed by atoms with Crippen molar-refractivity contribution in [3.05, 3.63) is 53.6 Å². The lowest BCUT2D eigenvalue weighted by Crippen LogP contribution is -2.47. The highest BCUT2D eigenvalue weighted by atomic mass is 35.5. The SMILES string of the molecule is CC(=O)NC(C(=O)Nc1ccc(Oc2ccccc2Cl)cc1)C1CCCC1. The van der Waals surface area contributed by atoms with E-state index in [2.05, 4.69) is 10.6 Å². The zero-order chi connectivity index (χ0) is 19.2. The normalized spacial score (nSPS) is 15.2. The van der Waals surface area contributed by atoms with Crippen LogP contribution in [0.25, 0.3) is 0 Å². The first kappa shape index (κ1) is 19.2. The average Bonchev–Trinajstić information content (AvgIpc) is 3.17. The molecule has 1 saturated carbocycles. The van der Waals surface area contributed by atoms with Crippen LogP contribution in [0.3, 0.4) is 0 Å². The highest BCUT2D eigenvalue weighted by Gasteiger charge is 2.31. The van der Waals surface area contributed by atoms with Crippen molar-refractivity contribution >= 4 is 29.1 Å². The van der Waals surface area contributed by atoms with Gasteiger partial charge >= 0.3 is 0 Å². The van der Waals surface area contributed by atoms with Gasteiger partial charge in [-0.3, -0.25) is 9.59 Å². The van der Waals surface area contributed by atoms with E-state index in [4.69, 9.17) is 16.3 Å². The number of hydrogen-bond donors (Lipinski definition) is 2. The maximum atomic E-state index is 12.7. The van der Waals surface area contributed by atoms with E-state index in [9.17, 15) is 9.59 Å². The van der Waals surface area contributed by atoms with Crippen LogP contribution in [0.5, 0.6) is 11.5 Å². The fraction of sp³-hybridized carbons (Fsp3) is 0.333. The molecule has 2 N–H and O–H groups in total. The quantitative estimate of drug-likeness (QED) is 0.751. The monoisotopic (exact) mass is 386 g/mol. The first-order chi connectivity index (χ1) is 13.0. The smallest absolute Gasteiger partial charge is 0.247 e. The molecule has 1 aliphatic rings.